The van der Waals surface area contributed by atoms with Crippen molar-refractivity contribution in [1.29, 1.82) is 0 Å². The van der Waals surface area contributed by atoms with Crippen molar-refractivity contribution in [3.05, 3.63) is 53.7 Å². The van der Waals surface area contributed by atoms with Gasteiger partial charge in [0.1, 0.15) is 5.82 Å². The number of nitrogens with two attached hydrogens (primary N) is 1. The van der Waals surface area contributed by atoms with E-state index in [1.54, 1.807) is 24.4 Å². The summed E-state index contributed by atoms with van der Waals surface area (Å²) in [7, 11) is 0. The Bertz CT molecular complexity index is 911. The predicted octanol–water partition coefficient (Wildman–Crippen LogP) is 2.36. The van der Waals surface area contributed by atoms with Gasteiger partial charge in [0.25, 0.3) is 0 Å². The number of ketones is 1. The molecule has 2 fully saturated rings. The second-order valence-electron chi connectivity index (χ2n) is 7.87. The maximum absolute atomic E-state index is 12.9. The van der Waals surface area contributed by atoms with Crippen molar-refractivity contribution < 1.29 is 14.3 Å². The molecule has 1 aromatic heterocycles. The van der Waals surface area contributed by atoms with Gasteiger partial charge in [0.15, 0.2) is 5.78 Å². The molecular weight excluding hydrogens is 380 g/mol. The lowest BCUT2D eigenvalue weighted by molar-refractivity contribution is -0.138. The van der Waals surface area contributed by atoms with Gasteiger partial charge in [-0.25, -0.2) is 4.98 Å². The van der Waals surface area contributed by atoms with Crippen molar-refractivity contribution in [2.24, 2.45) is 5.92 Å². The Hall–Kier alpha value is -2.93. The highest BCUT2D eigenvalue weighted by atomic mass is 16.5. The van der Waals surface area contributed by atoms with Crippen LogP contribution in [0.4, 0.5) is 11.5 Å². The largest absolute Gasteiger partial charge is 0.383 e. The lowest BCUT2D eigenvalue weighted by Crippen LogP contribution is -2.40. The first-order valence-corrected chi connectivity index (χ1v) is 10.6. The molecule has 0 atom stereocenters. The molecule has 0 radical (unpaired) electrons. The maximum atomic E-state index is 12.9. The van der Waals surface area contributed by atoms with Crippen molar-refractivity contribution in [1.82, 2.24) is 9.88 Å². The zero-order valence-electron chi connectivity index (χ0n) is 17.1. The number of rotatable bonds is 4. The number of benzene rings is 1. The molecule has 2 aliphatic heterocycles. The van der Waals surface area contributed by atoms with Crippen molar-refractivity contribution in [2.75, 3.05) is 50.0 Å². The van der Waals surface area contributed by atoms with Gasteiger partial charge in [-0.1, -0.05) is 12.1 Å². The van der Waals surface area contributed by atoms with Crippen LogP contribution in [0.1, 0.15) is 35.2 Å². The molecule has 1 amide bonds. The van der Waals surface area contributed by atoms with Gasteiger partial charge in [-0.3, -0.25) is 9.59 Å². The Balaban J connectivity index is 1.45. The summed E-state index contributed by atoms with van der Waals surface area (Å²) >= 11 is 0. The molecule has 0 unspecified atom stereocenters. The number of amides is 1. The molecule has 0 bridgehead atoms. The van der Waals surface area contributed by atoms with E-state index in [2.05, 4.69) is 9.88 Å². The average Bonchev–Trinajstić information content (AvgIpc) is 3.05. The predicted molar refractivity (Wildman–Crippen MR) is 115 cm³/mol. The number of anilines is 2. The topological polar surface area (TPSA) is 88.8 Å². The average molecular weight is 409 g/mol. The minimum atomic E-state index is -0.131. The smallest absolute Gasteiger partial charge is 0.225 e. The number of nitrogen functional groups attached to an aromatic ring is 1. The third kappa shape index (κ3) is 4.46. The fourth-order valence-corrected chi connectivity index (χ4v) is 4.21. The molecule has 0 spiro atoms. The van der Waals surface area contributed by atoms with Crippen molar-refractivity contribution in [3.63, 3.8) is 0 Å². The summed E-state index contributed by atoms with van der Waals surface area (Å²) < 4.78 is 5.39. The number of carbonyl (C=O) groups is 2. The molecule has 3 heterocycles. The van der Waals surface area contributed by atoms with E-state index < -0.39 is 0 Å². The van der Waals surface area contributed by atoms with Crippen LogP contribution in [0.15, 0.2) is 42.6 Å². The highest BCUT2D eigenvalue weighted by Crippen LogP contribution is 2.23. The first kappa shape index (κ1) is 20.3. The second-order valence-corrected chi connectivity index (χ2v) is 7.87. The van der Waals surface area contributed by atoms with E-state index in [4.69, 9.17) is 10.5 Å². The standard InChI is InChI=1S/C23H28N4O3/c24-22-20(6-2-9-25-22)21(28)18-4-1-5-19(16-18)26-10-3-11-27(13-12-26)23(29)17-7-14-30-15-8-17/h1-2,4-6,9,16-17H,3,7-8,10-15H2,(H2,24,25). The van der Waals surface area contributed by atoms with Crippen LogP contribution in [0.3, 0.4) is 0 Å². The molecule has 2 saturated heterocycles. The summed E-state index contributed by atoms with van der Waals surface area (Å²) in [6, 6.07) is 11.0. The van der Waals surface area contributed by atoms with Crippen molar-refractivity contribution in [3.8, 4) is 0 Å². The quantitative estimate of drug-likeness (QED) is 0.782. The van der Waals surface area contributed by atoms with Gasteiger partial charge in [0, 0.05) is 62.8 Å². The van der Waals surface area contributed by atoms with E-state index in [1.807, 2.05) is 23.1 Å². The van der Waals surface area contributed by atoms with Crippen LogP contribution >= 0.6 is 0 Å². The first-order chi connectivity index (χ1) is 14.6. The number of hydrogen-bond acceptors (Lipinski definition) is 6. The first-order valence-electron chi connectivity index (χ1n) is 10.6. The third-order valence-electron chi connectivity index (χ3n) is 5.93. The lowest BCUT2D eigenvalue weighted by atomic mass is 9.98. The molecular formula is C23H28N4O3. The normalized spacial score (nSPS) is 18.1. The fourth-order valence-electron chi connectivity index (χ4n) is 4.21. The molecule has 7 heteroatoms. The number of hydrogen-bond donors (Lipinski definition) is 1. The van der Waals surface area contributed by atoms with Gasteiger partial charge in [0.05, 0.1) is 5.56 Å². The number of pyridine rings is 1. The van der Waals surface area contributed by atoms with Crippen molar-refractivity contribution >= 4 is 23.2 Å². The fraction of sp³-hybridized carbons (Fsp3) is 0.435. The second kappa shape index (κ2) is 9.26. The number of carbonyl (C=O) groups excluding carboxylic acids is 2. The number of ether oxygens (including phenoxy) is 1. The van der Waals surface area contributed by atoms with Gasteiger partial charge in [-0.15, -0.1) is 0 Å². The summed E-state index contributed by atoms with van der Waals surface area (Å²) in [5.74, 6) is 0.464. The van der Waals surface area contributed by atoms with E-state index in [1.165, 1.54) is 0 Å². The maximum Gasteiger partial charge on any atom is 0.225 e. The van der Waals surface area contributed by atoms with Gasteiger partial charge in [0.2, 0.25) is 5.91 Å². The van der Waals surface area contributed by atoms with E-state index in [-0.39, 0.29) is 23.4 Å². The zero-order chi connectivity index (χ0) is 20.9. The summed E-state index contributed by atoms with van der Waals surface area (Å²) in [4.78, 5) is 34.0. The van der Waals surface area contributed by atoms with Crippen LogP contribution in [-0.4, -0.2) is 61.0 Å². The minimum Gasteiger partial charge on any atom is -0.383 e. The Labute approximate surface area is 176 Å². The Morgan fingerprint density at radius 2 is 1.87 bits per heavy atom. The molecule has 30 heavy (non-hydrogen) atoms. The summed E-state index contributed by atoms with van der Waals surface area (Å²) in [5.41, 5.74) is 7.87. The van der Waals surface area contributed by atoms with E-state index in [0.717, 1.165) is 44.6 Å². The van der Waals surface area contributed by atoms with E-state index in [9.17, 15) is 9.59 Å². The van der Waals surface area contributed by atoms with Crippen molar-refractivity contribution in [2.45, 2.75) is 19.3 Å². The Morgan fingerprint density at radius 3 is 2.67 bits per heavy atom. The summed E-state index contributed by atoms with van der Waals surface area (Å²) in [6.07, 6.45) is 4.12. The number of nitrogens with zero attached hydrogens (tertiary/aromatic N) is 3. The molecule has 2 aromatic rings. The van der Waals surface area contributed by atoms with Crippen LogP contribution in [0, 0.1) is 5.92 Å². The molecule has 2 N–H and O–H groups in total. The SMILES string of the molecule is Nc1ncccc1C(=O)c1cccc(N2CCCN(C(=O)C3CCOCC3)CC2)c1. The molecule has 158 valence electrons. The van der Waals surface area contributed by atoms with E-state index >= 15 is 0 Å². The molecule has 2 aliphatic rings. The Kier molecular flexibility index (Phi) is 6.28. The molecule has 1 aromatic carbocycles. The minimum absolute atomic E-state index is 0.0937. The highest BCUT2D eigenvalue weighted by molar-refractivity contribution is 6.11. The number of aromatic nitrogens is 1. The molecule has 4 rings (SSSR count). The summed E-state index contributed by atoms with van der Waals surface area (Å²) in [6.45, 7) is 4.44. The third-order valence-corrected chi connectivity index (χ3v) is 5.93. The van der Waals surface area contributed by atoms with Gasteiger partial charge in [-0.2, -0.15) is 0 Å². The van der Waals surface area contributed by atoms with Crippen LogP contribution in [-0.2, 0) is 9.53 Å². The molecule has 0 aliphatic carbocycles. The lowest BCUT2D eigenvalue weighted by Gasteiger charge is -2.28. The van der Waals surface area contributed by atoms with Gasteiger partial charge < -0.3 is 20.3 Å². The monoisotopic (exact) mass is 408 g/mol. The van der Waals surface area contributed by atoms with Gasteiger partial charge in [-0.05, 0) is 43.5 Å². The molecule has 0 saturated carbocycles. The molecule has 7 nitrogen and oxygen atoms in total. The zero-order valence-corrected chi connectivity index (χ0v) is 17.1. The van der Waals surface area contributed by atoms with Crippen LogP contribution in [0.2, 0.25) is 0 Å². The summed E-state index contributed by atoms with van der Waals surface area (Å²) in [5, 5.41) is 0. The van der Waals surface area contributed by atoms with E-state index in [0.29, 0.717) is 30.9 Å². The Morgan fingerprint density at radius 1 is 1.03 bits per heavy atom. The van der Waals surface area contributed by atoms with Crippen LogP contribution in [0.25, 0.3) is 0 Å². The van der Waals surface area contributed by atoms with Crippen LogP contribution < -0.4 is 10.6 Å². The van der Waals surface area contributed by atoms with Gasteiger partial charge >= 0.3 is 0 Å². The van der Waals surface area contributed by atoms with Crippen LogP contribution in [0.5, 0.6) is 0 Å². The highest BCUT2D eigenvalue weighted by Gasteiger charge is 2.28.